The third-order valence-electron chi connectivity index (χ3n) is 4.42. The van der Waals surface area contributed by atoms with Gasteiger partial charge in [-0.05, 0) is 18.2 Å². The van der Waals surface area contributed by atoms with Gasteiger partial charge in [0.15, 0.2) is 0 Å². The van der Waals surface area contributed by atoms with Gasteiger partial charge in [-0.1, -0.05) is 43.0 Å². The van der Waals surface area contributed by atoms with Crippen LogP contribution in [0.3, 0.4) is 0 Å². The van der Waals surface area contributed by atoms with Gasteiger partial charge in [-0.3, -0.25) is 24.9 Å². The fraction of sp³-hybridized carbons (Fsp3) is 0. The highest BCUT2D eigenvalue weighted by atomic mass is 16.2. The summed E-state index contributed by atoms with van der Waals surface area (Å²) in [5.41, 5.74) is 5.85. The van der Waals surface area contributed by atoms with Crippen molar-refractivity contribution in [2.45, 2.75) is 0 Å². The van der Waals surface area contributed by atoms with Crippen molar-refractivity contribution in [2.75, 3.05) is 0 Å². The average Bonchev–Trinajstić information content (AvgIpc) is 3.02. The zero-order valence-electron chi connectivity index (χ0n) is 15.2. The third-order valence-corrected chi connectivity index (χ3v) is 4.42. The van der Waals surface area contributed by atoms with Crippen molar-refractivity contribution in [3.8, 4) is 5.69 Å². The molecule has 0 aliphatic heterocycles. The number of nitrogens with zero attached hydrogens (tertiary/aromatic N) is 1. The molecule has 4 rings (SSSR count). The Kier molecular flexibility index (Phi) is 4.58. The predicted molar refractivity (Wildman–Crippen MR) is 111 cm³/mol. The van der Waals surface area contributed by atoms with E-state index in [2.05, 4.69) is 27.5 Å². The number of carbonyl (C=O) groups is 1. The number of hydrazine groups is 1. The van der Waals surface area contributed by atoms with Crippen molar-refractivity contribution in [1.82, 2.24) is 25.6 Å². The first kappa shape index (κ1) is 18.1. The summed E-state index contributed by atoms with van der Waals surface area (Å²) in [4.78, 5) is 39.7. The second-order valence-electron chi connectivity index (χ2n) is 6.32. The van der Waals surface area contributed by atoms with Crippen LogP contribution in [-0.4, -0.2) is 20.7 Å². The molecular formula is C21H17N5O3. The summed E-state index contributed by atoms with van der Waals surface area (Å²) < 4.78 is 1.36. The lowest BCUT2D eigenvalue weighted by molar-refractivity contribution is 0.0945. The zero-order valence-corrected chi connectivity index (χ0v) is 15.2. The number of pyridine rings is 1. The number of aromatic amines is 2. The average molecular weight is 387 g/mol. The summed E-state index contributed by atoms with van der Waals surface area (Å²) >= 11 is 0. The van der Waals surface area contributed by atoms with Crippen LogP contribution in [-0.2, 0) is 0 Å². The first-order valence-electron chi connectivity index (χ1n) is 8.78. The van der Waals surface area contributed by atoms with Crippen LogP contribution in [0.25, 0.3) is 29.4 Å². The number of amides is 1. The van der Waals surface area contributed by atoms with Gasteiger partial charge in [0, 0.05) is 23.2 Å². The van der Waals surface area contributed by atoms with Gasteiger partial charge in [0.1, 0.15) is 0 Å². The summed E-state index contributed by atoms with van der Waals surface area (Å²) in [5.74, 6) is -0.506. The van der Waals surface area contributed by atoms with Gasteiger partial charge in [0.2, 0.25) is 5.56 Å². The van der Waals surface area contributed by atoms with Crippen molar-refractivity contribution < 1.29 is 4.79 Å². The molecule has 144 valence electrons. The molecular weight excluding hydrogens is 370 g/mol. The van der Waals surface area contributed by atoms with Gasteiger partial charge < -0.3 is 10.4 Å². The second kappa shape index (κ2) is 7.35. The number of carbonyl (C=O) groups excluding carboxylic acids is 1. The maximum atomic E-state index is 12.6. The van der Waals surface area contributed by atoms with Gasteiger partial charge in [-0.2, -0.15) is 0 Å². The van der Waals surface area contributed by atoms with Crippen LogP contribution in [0.4, 0.5) is 0 Å². The molecule has 0 aliphatic rings. The molecule has 0 unspecified atom stereocenters. The normalized spacial score (nSPS) is 11.5. The summed E-state index contributed by atoms with van der Waals surface area (Å²) in [6, 6.07) is 17.3. The van der Waals surface area contributed by atoms with Gasteiger partial charge in [-0.15, -0.1) is 0 Å². The maximum absolute atomic E-state index is 12.6. The highest BCUT2D eigenvalue weighted by molar-refractivity contribution is 6.05. The second-order valence-corrected chi connectivity index (χ2v) is 6.32. The first-order valence-corrected chi connectivity index (χ1v) is 8.78. The van der Waals surface area contributed by atoms with E-state index < -0.39 is 5.91 Å². The van der Waals surface area contributed by atoms with E-state index in [9.17, 15) is 14.4 Å². The third kappa shape index (κ3) is 3.46. The molecule has 0 saturated carbocycles. The molecule has 0 saturated heterocycles. The van der Waals surface area contributed by atoms with E-state index in [1.807, 2.05) is 18.2 Å². The quantitative estimate of drug-likeness (QED) is 0.372. The molecule has 8 heteroatoms. The predicted octanol–water partition coefficient (Wildman–Crippen LogP) is 0.0900. The van der Waals surface area contributed by atoms with E-state index >= 15 is 0 Å². The Morgan fingerprint density at radius 3 is 2.55 bits per heavy atom. The Balaban J connectivity index is 1.61. The molecule has 2 heterocycles. The van der Waals surface area contributed by atoms with Crippen LogP contribution in [0.15, 0.2) is 70.3 Å². The maximum Gasteiger partial charge on any atom is 0.280 e. The van der Waals surface area contributed by atoms with Crippen LogP contribution in [0.1, 0.15) is 10.4 Å². The summed E-state index contributed by atoms with van der Waals surface area (Å²) in [7, 11) is 0. The van der Waals surface area contributed by atoms with Gasteiger partial charge in [0.05, 0.1) is 21.8 Å². The van der Waals surface area contributed by atoms with Crippen LogP contribution in [0.2, 0.25) is 0 Å². The molecule has 2 aromatic carbocycles. The molecule has 0 fully saturated rings. The molecule has 1 amide bonds. The molecule has 0 atom stereocenters. The van der Waals surface area contributed by atoms with E-state index in [1.54, 1.807) is 36.4 Å². The molecule has 2 aromatic heterocycles. The van der Waals surface area contributed by atoms with E-state index in [0.29, 0.717) is 21.9 Å². The Bertz CT molecular complexity index is 1430. The Labute approximate surface area is 163 Å². The SMILES string of the molecule is C=c1[nH]n(-c2ccccc2)c(=O)/c1=C\NNC(=O)c1cc(=O)[nH]c2ccccc12. The lowest BCUT2D eigenvalue weighted by Gasteiger charge is -2.07. The molecule has 8 nitrogen and oxygen atoms in total. The summed E-state index contributed by atoms with van der Waals surface area (Å²) in [6.07, 6.45) is 1.36. The number of hydrogen-bond donors (Lipinski definition) is 4. The molecule has 4 N–H and O–H groups in total. The number of fused-ring (bicyclic) bond motifs is 1. The van der Waals surface area contributed by atoms with Crippen molar-refractivity contribution in [1.29, 1.82) is 0 Å². The lowest BCUT2D eigenvalue weighted by atomic mass is 10.1. The fourth-order valence-corrected chi connectivity index (χ4v) is 3.04. The van der Waals surface area contributed by atoms with Crippen LogP contribution in [0, 0.1) is 0 Å². The Morgan fingerprint density at radius 2 is 1.76 bits per heavy atom. The molecule has 0 radical (unpaired) electrons. The minimum atomic E-state index is -0.506. The van der Waals surface area contributed by atoms with Gasteiger partial charge in [-0.25, -0.2) is 4.68 Å². The van der Waals surface area contributed by atoms with E-state index in [-0.39, 0.29) is 21.9 Å². The number of nitrogens with one attached hydrogen (secondary N) is 4. The van der Waals surface area contributed by atoms with Crippen LogP contribution >= 0.6 is 0 Å². The van der Waals surface area contributed by atoms with Gasteiger partial charge in [0.25, 0.3) is 11.5 Å². The van der Waals surface area contributed by atoms with Crippen LogP contribution in [0.5, 0.6) is 0 Å². The number of aromatic nitrogens is 3. The molecule has 0 bridgehead atoms. The Hall–Kier alpha value is -4.33. The lowest BCUT2D eigenvalue weighted by Crippen LogP contribution is -2.41. The first-order chi connectivity index (χ1) is 14.0. The molecule has 29 heavy (non-hydrogen) atoms. The molecule has 4 aromatic rings. The largest absolute Gasteiger partial charge is 0.322 e. The standard InChI is InChI=1S/C21H17N5O3/c1-13-17(21(29)26(25-13)14-7-3-2-4-8-14)12-22-24-20(28)16-11-19(27)23-18-10-6-5-9-15(16)18/h2-12,22,25H,1H2,(H,23,27)(H,24,28)/b17-12-. The van der Waals surface area contributed by atoms with Crippen molar-refractivity contribution in [3.63, 3.8) is 0 Å². The van der Waals surface area contributed by atoms with E-state index in [1.165, 1.54) is 16.9 Å². The minimum Gasteiger partial charge on any atom is -0.322 e. The molecule has 0 spiro atoms. The van der Waals surface area contributed by atoms with Crippen molar-refractivity contribution in [2.24, 2.45) is 0 Å². The number of hydrogen-bond acceptors (Lipinski definition) is 4. The zero-order chi connectivity index (χ0) is 20.4. The fourth-order valence-electron chi connectivity index (χ4n) is 3.04. The van der Waals surface area contributed by atoms with Crippen molar-refractivity contribution in [3.05, 3.63) is 97.5 Å². The van der Waals surface area contributed by atoms with Gasteiger partial charge >= 0.3 is 0 Å². The Morgan fingerprint density at radius 1 is 1.03 bits per heavy atom. The smallest absolute Gasteiger partial charge is 0.280 e. The number of para-hydroxylation sites is 2. The number of H-pyrrole nitrogens is 2. The monoisotopic (exact) mass is 387 g/mol. The van der Waals surface area contributed by atoms with E-state index in [4.69, 9.17) is 0 Å². The topological polar surface area (TPSA) is 112 Å². The van der Waals surface area contributed by atoms with Crippen molar-refractivity contribution >= 4 is 29.6 Å². The highest BCUT2D eigenvalue weighted by Crippen LogP contribution is 2.13. The number of rotatable bonds is 4. The summed E-state index contributed by atoms with van der Waals surface area (Å²) in [6.45, 7) is 3.83. The van der Waals surface area contributed by atoms with E-state index in [0.717, 1.165) is 0 Å². The molecule has 0 aliphatic carbocycles. The highest BCUT2D eigenvalue weighted by Gasteiger charge is 2.11. The van der Waals surface area contributed by atoms with Crippen LogP contribution < -0.4 is 32.5 Å². The minimum absolute atomic E-state index is 0.218. The number of benzene rings is 2. The summed E-state index contributed by atoms with van der Waals surface area (Å²) in [5, 5.41) is 4.16.